The second-order valence-electron chi connectivity index (χ2n) is 5.77. The van der Waals surface area contributed by atoms with E-state index in [1.807, 2.05) is 6.07 Å². The molecule has 0 aromatic carbocycles. The summed E-state index contributed by atoms with van der Waals surface area (Å²) in [7, 11) is 1.23. The summed E-state index contributed by atoms with van der Waals surface area (Å²) >= 11 is 1.16. The monoisotopic (exact) mass is 402 g/mol. The molecular weight excluding hydrogens is 388 g/mol. The van der Waals surface area contributed by atoms with Crippen molar-refractivity contribution in [1.29, 1.82) is 5.26 Å². The van der Waals surface area contributed by atoms with Gasteiger partial charge in [-0.1, -0.05) is 0 Å². The molecule has 3 heterocycles. The van der Waals surface area contributed by atoms with Gasteiger partial charge in [0, 0.05) is 18.1 Å². The van der Waals surface area contributed by atoms with Crippen LogP contribution in [0.1, 0.15) is 32.0 Å². The first-order valence-corrected chi connectivity index (χ1v) is 8.66. The van der Waals surface area contributed by atoms with E-state index in [4.69, 9.17) is 11.0 Å². The van der Waals surface area contributed by atoms with Crippen LogP contribution in [0.25, 0.3) is 0 Å². The van der Waals surface area contributed by atoms with E-state index in [0.717, 1.165) is 31.5 Å². The van der Waals surface area contributed by atoms with E-state index in [-0.39, 0.29) is 24.5 Å². The van der Waals surface area contributed by atoms with Gasteiger partial charge in [0.15, 0.2) is 5.82 Å². The molecule has 144 valence electrons. The Balaban J connectivity index is 1.80. The number of nitrogens with zero attached hydrogens (tertiary/aromatic N) is 7. The van der Waals surface area contributed by atoms with E-state index in [1.165, 1.54) is 7.05 Å². The van der Waals surface area contributed by atoms with Crippen LogP contribution in [0.2, 0.25) is 0 Å². The average Bonchev–Trinajstić information content (AvgIpc) is 3.31. The van der Waals surface area contributed by atoms with Crippen LogP contribution in [-0.2, 0) is 20.1 Å². The molecule has 0 spiro atoms. The summed E-state index contributed by atoms with van der Waals surface area (Å²) in [5.74, 6) is -0.825. The molecule has 0 unspecified atom stereocenters. The van der Waals surface area contributed by atoms with Gasteiger partial charge in [0.25, 0.3) is 11.5 Å². The van der Waals surface area contributed by atoms with Crippen LogP contribution in [0.5, 0.6) is 0 Å². The molecule has 0 fully saturated rings. The number of nitrogens with two attached hydrogens (primary N) is 1. The molecule has 28 heavy (non-hydrogen) atoms. The maximum absolute atomic E-state index is 12.2. The van der Waals surface area contributed by atoms with Crippen molar-refractivity contribution in [3.63, 3.8) is 0 Å². The molecule has 1 atom stereocenters. The highest BCUT2D eigenvalue weighted by Crippen LogP contribution is 2.23. The van der Waals surface area contributed by atoms with E-state index in [2.05, 4.69) is 15.4 Å². The molecular formula is C15H14N8O4S. The van der Waals surface area contributed by atoms with Gasteiger partial charge in [-0.15, -0.1) is 21.5 Å². The summed E-state index contributed by atoms with van der Waals surface area (Å²) in [4.78, 5) is 37.6. The van der Waals surface area contributed by atoms with E-state index < -0.39 is 23.3 Å². The van der Waals surface area contributed by atoms with Crippen LogP contribution < -0.4 is 17.0 Å². The zero-order valence-electron chi connectivity index (χ0n) is 14.5. The fraction of sp³-hybridized carbons (Fsp3) is 0.267. The fourth-order valence-corrected chi connectivity index (χ4v) is 3.20. The predicted molar refractivity (Wildman–Crippen MR) is 95.4 cm³/mol. The average molecular weight is 402 g/mol. The van der Waals surface area contributed by atoms with E-state index in [1.54, 1.807) is 12.1 Å². The van der Waals surface area contributed by atoms with E-state index >= 15 is 0 Å². The van der Waals surface area contributed by atoms with Gasteiger partial charge >= 0.3 is 5.69 Å². The number of aromatic nitrogens is 6. The number of aliphatic hydroxyl groups is 1. The molecule has 0 aliphatic carbocycles. The Kier molecular flexibility index (Phi) is 5.16. The summed E-state index contributed by atoms with van der Waals surface area (Å²) in [5.41, 5.74) is 3.36. The first kappa shape index (κ1) is 19.1. The Morgan fingerprint density at radius 3 is 2.82 bits per heavy atom. The Hall–Kier alpha value is -3.63. The van der Waals surface area contributed by atoms with Crippen LogP contribution in [0.4, 0.5) is 0 Å². The van der Waals surface area contributed by atoms with Gasteiger partial charge in [0.05, 0.1) is 13.1 Å². The molecule has 0 aliphatic rings. The molecule has 0 radical (unpaired) electrons. The molecule has 0 saturated heterocycles. The first-order valence-electron chi connectivity index (χ1n) is 7.85. The van der Waals surface area contributed by atoms with Crippen LogP contribution in [0.3, 0.4) is 0 Å². The lowest BCUT2D eigenvalue weighted by Crippen LogP contribution is -2.42. The lowest BCUT2D eigenvalue weighted by Gasteiger charge is -2.07. The van der Waals surface area contributed by atoms with Crippen molar-refractivity contribution in [2.45, 2.75) is 19.2 Å². The van der Waals surface area contributed by atoms with Crippen molar-refractivity contribution >= 4 is 17.2 Å². The second kappa shape index (κ2) is 7.55. The normalized spacial score (nSPS) is 11.9. The molecule has 3 aromatic rings. The van der Waals surface area contributed by atoms with Crippen LogP contribution in [0, 0.1) is 11.3 Å². The van der Waals surface area contributed by atoms with E-state index in [0.29, 0.717) is 9.75 Å². The van der Waals surface area contributed by atoms with Crippen molar-refractivity contribution < 1.29 is 9.90 Å². The summed E-state index contributed by atoms with van der Waals surface area (Å²) in [6.45, 7) is -0.159. The van der Waals surface area contributed by atoms with Crippen molar-refractivity contribution in [3.8, 4) is 6.07 Å². The Morgan fingerprint density at radius 2 is 2.18 bits per heavy atom. The summed E-state index contributed by atoms with van der Waals surface area (Å²) < 4.78 is 1.83. The number of aliphatic hydroxyl groups excluding tert-OH is 1. The molecule has 1 amide bonds. The van der Waals surface area contributed by atoms with Crippen molar-refractivity contribution in [1.82, 2.24) is 29.3 Å². The zero-order valence-corrected chi connectivity index (χ0v) is 15.3. The molecule has 0 aliphatic heterocycles. The predicted octanol–water partition coefficient (Wildman–Crippen LogP) is -1.65. The fourth-order valence-electron chi connectivity index (χ4n) is 2.41. The van der Waals surface area contributed by atoms with Crippen molar-refractivity contribution in [2.75, 3.05) is 0 Å². The lowest BCUT2D eigenvalue weighted by molar-refractivity contribution is 0.0997. The maximum atomic E-state index is 12.2. The third-order valence-electron chi connectivity index (χ3n) is 3.83. The highest BCUT2D eigenvalue weighted by atomic mass is 32.1. The maximum Gasteiger partial charge on any atom is 0.331 e. The van der Waals surface area contributed by atoms with Crippen LogP contribution >= 0.6 is 11.3 Å². The first-order chi connectivity index (χ1) is 13.3. The minimum absolute atomic E-state index is 0.00685. The van der Waals surface area contributed by atoms with Gasteiger partial charge in [-0.3, -0.25) is 18.7 Å². The van der Waals surface area contributed by atoms with Crippen LogP contribution in [0.15, 0.2) is 27.9 Å². The number of tetrazole rings is 1. The smallest absolute Gasteiger partial charge is 0.331 e. The largest absolute Gasteiger partial charge is 0.386 e. The Morgan fingerprint density at radius 1 is 1.43 bits per heavy atom. The minimum atomic E-state index is -0.957. The SMILES string of the molecule is Cn1c(=O)c(C(N)=O)cn(Cc2nnn(C[C@H](O)c3ccc(C#N)s3)n2)c1=O. The molecule has 3 rings (SSSR count). The number of nitriles is 1. The standard InChI is InChI=1S/C15H14N8O4S/c1-21-14(26)9(13(17)25)5-22(15(21)27)7-12-18-20-23(19-12)6-10(24)11-3-2-8(4-16)28-11/h2-3,5,10,24H,6-7H2,1H3,(H2,17,25)/t10-/m0/s1. The molecule has 3 N–H and O–H groups in total. The molecule has 3 aromatic heterocycles. The number of primary amides is 1. The number of amides is 1. The number of rotatable bonds is 6. The van der Waals surface area contributed by atoms with Gasteiger partial charge in [0.2, 0.25) is 0 Å². The van der Waals surface area contributed by atoms with Crippen molar-refractivity contribution in [2.24, 2.45) is 12.8 Å². The van der Waals surface area contributed by atoms with Crippen molar-refractivity contribution in [3.05, 3.63) is 60.3 Å². The number of carbonyl (C=O) groups excluding carboxylic acids is 1. The molecule has 13 heteroatoms. The quantitative estimate of drug-likeness (QED) is 0.493. The highest BCUT2D eigenvalue weighted by molar-refractivity contribution is 7.12. The summed E-state index contributed by atoms with van der Waals surface area (Å²) in [6, 6.07) is 5.23. The number of hydrogen-bond donors (Lipinski definition) is 2. The van der Waals surface area contributed by atoms with Gasteiger partial charge in [-0.05, 0) is 17.3 Å². The highest BCUT2D eigenvalue weighted by Gasteiger charge is 2.16. The molecule has 0 bridgehead atoms. The third-order valence-corrected chi connectivity index (χ3v) is 4.92. The second-order valence-corrected chi connectivity index (χ2v) is 6.89. The van der Waals surface area contributed by atoms with Gasteiger partial charge < -0.3 is 10.8 Å². The minimum Gasteiger partial charge on any atom is -0.386 e. The number of thiophene rings is 1. The number of hydrogen-bond acceptors (Lipinski definition) is 9. The molecule has 0 saturated carbocycles. The third kappa shape index (κ3) is 3.72. The number of carbonyl (C=O) groups is 1. The van der Waals surface area contributed by atoms with E-state index in [9.17, 15) is 19.5 Å². The lowest BCUT2D eigenvalue weighted by atomic mass is 10.3. The summed E-state index contributed by atoms with van der Waals surface area (Å²) in [6.07, 6.45) is 0.119. The van der Waals surface area contributed by atoms with Gasteiger partial charge in [-0.2, -0.15) is 10.1 Å². The molecule has 12 nitrogen and oxygen atoms in total. The zero-order chi connectivity index (χ0) is 20.4. The summed E-state index contributed by atoms with van der Waals surface area (Å²) in [5, 5.41) is 30.8. The Bertz CT molecular complexity index is 1200. The van der Waals surface area contributed by atoms with Gasteiger partial charge in [-0.25, -0.2) is 4.79 Å². The topological polar surface area (TPSA) is 175 Å². The van der Waals surface area contributed by atoms with Gasteiger partial charge in [0.1, 0.15) is 22.6 Å². The Labute approximate surface area is 160 Å². The van der Waals surface area contributed by atoms with Crippen LogP contribution in [-0.4, -0.2) is 40.4 Å².